The van der Waals surface area contributed by atoms with E-state index in [2.05, 4.69) is 63.7 Å². The van der Waals surface area contributed by atoms with Crippen LogP contribution in [0.1, 0.15) is 6.42 Å². The van der Waals surface area contributed by atoms with Gasteiger partial charge in [0.2, 0.25) is 0 Å². The molecule has 2 aromatic rings. The third kappa shape index (κ3) is 3.22. The van der Waals surface area contributed by atoms with Gasteiger partial charge in [0.25, 0.3) is 0 Å². The van der Waals surface area contributed by atoms with Crippen molar-refractivity contribution < 1.29 is 4.74 Å². The van der Waals surface area contributed by atoms with E-state index < -0.39 is 0 Å². The van der Waals surface area contributed by atoms with Crippen molar-refractivity contribution in [1.82, 2.24) is 5.32 Å². The lowest BCUT2D eigenvalue weighted by atomic mass is 10.1. The average molecular weight is 332 g/mol. The van der Waals surface area contributed by atoms with Crippen LogP contribution in [0.3, 0.4) is 0 Å². The summed E-state index contributed by atoms with van der Waals surface area (Å²) in [5.74, 6) is 1.56. The standard InChI is InChI=1S/C17H18BrNO/c18-16-10-15(14-4-2-1-3-5-14)6-7-17(16)20-12-13-8-9-19-11-13/h1-7,10,13,19H,8-9,11-12H2/t13-/m1/s1. The summed E-state index contributed by atoms with van der Waals surface area (Å²) in [5.41, 5.74) is 2.42. The van der Waals surface area contributed by atoms with Crippen molar-refractivity contribution in [3.63, 3.8) is 0 Å². The molecule has 2 nitrogen and oxygen atoms in total. The number of halogens is 1. The summed E-state index contributed by atoms with van der Waals surface area (Å²) < 4.78 is 6.94. The Hall–Kier alpha value is -1.32. The van der Waals surface area contributed by atoms with Gasteiger partial charge in [-0.05, 0) is 52.2 Å². The Morgan fingerprint density at radius 2 is 1.95 bits per heavy atom. The van der Waals surface area contributed by atoms with Gasteiger partial charge in [-0.2, -0.15) is 0 Å². The van der Waals surface area contributed by atoms with Crippen LogP contribution >= 0.6 is 15.9 Å². The van der Waals surface area contributed by atoms with Crippen molar-refractivity contribution >= 4 is 15.9 Å². The van der Waals surface area contributed by atoms with E-state index in [9.17, 15) is 0 Å². The van der Waals surface area contributed by atoms with E-state index in [0.717, 1.165) is 29.9 Å². The van der Waals surface area contributed by atoms with Gasteiger partial charge in [-0.1, -0.05) is 36.4 Å². The number of hydrogen-bond donors (Lipinski definition) is 1. The van der Waals surface area contributed by atoms with Gasteiger partial charge in [0.15, 0.2) is 0 Å². The molecule has 3 heteroatoms. The molecule has 0 bridgehead atoms. The van der Waals surface area contributed by atoms with E-state index in [0.29, 0.717) is 5.92 Å². The summed E-state index contributed by atoms with van der Waals surface area (Å²) in [5, 5.41) is 3.36. The smallest absolute Gasteiger partial charge is 0.133 e. The molecule has 2 aromatic carbocycles. The van der Waals surface area contributed by atoms with Gasteiger partial charge in [-0.3, -0.25) is 0 Å². The van der Waals surface area contributed by atoms with Crippen LogP contribution in [-0.2, 0) is 0 Å². The Balaban J connectivity index is 1.71. The van der Waals surface area contributed by atoms with Crippen molar-refractivity contribution in [3.05, 3.63) is 53.0 Å². The number of benzene rings is 2. The highest BCUT2D eigenvalue weighted by Crippen LogP contribution is 2.31. The second-order valence-corrected chi connectivity index (χ2v) is 6.04. The maximum absolute atomic E-state index is 5.92. The van der Waals surface area contributed by atoms with E-state index in [1.165, 1.54) is 17.5 Å². The minimum Gasteiger partial charge on any atom is -0.492 e. The first-order valence-electron chi connectivity index (χ1n) is 7.01. The highest BCUT2D eigenvalue weighted by atomic mass is 79.9. The fraction of sp³-hybridized carbons (Fsp3) is 0.294. The number of rotatable bonds is 4. The molecule has 1 N–H and O–H groups in total. The van der Waals surface area contributed by atoms with Gasteiger partial charge >= 0.3 is 0 Å². The fourth-order valence-electron chi connectivity index (χ4n) is 2.49. The van der Waals surface area contributed by atoms with Crippen LogP contribution in [0, 0.1) is 5.92 Å². The zero-order valence-corrected chi connectivity index (χ0v) is 12.9. The average Bonchev–Trinajstić information content (AvgIpc) is 3.00. The summed E-state index contributed by atoms with van der Waals surface area (Å²) in [6, 6.07) is 16.7. The normalized spacial score (nSPS) is 18.1. The maximum atomic E-state index is 5.92. The van der Waals surface area contributed by atoms with Crippen LogP contribution in [0.4, 0.5) is 0 Å². The highest BCUT2D eigenvalue weighted by Gasteiger charge is 2.15. The van der Waals surface area contributed by atoms with Gasteiger partial charge in [-0.25, -0.2) is 0 Å². The minimum absolute atomic E-state index is 0.635. The fourth-order valence-corrected chi connectivity index (χ4v) is 2.99. The molecule has 1 saturated heterocycles. The molecule has 20 heavy (non-hydrogen) atoms. The van der Waals surface area contributed by atoms with E-state index in [1.54, 1.807) is 0 Å². The molecule has 1 aliphatic rings. The van der Waals surface area contributed by atoms with Crippen LogP contribution in [-0.4, -0.2) is 19.7 Å². The topological polar surface area (TPSA) is 21.3 Å². The minimum atomic E-state index is 0.635. The number of hydrogen-bond acceptors (Lipinski definition) is 2. The molecule has 104 valence electrons. The van der Waals surface area contributed by atoms with Crippen molar-refractivity contribution in [3.8, 4) is 16.9 Å². The lowest BCUT2D eigenvalue weighted by molar-refractivity contribution is 0.258. The first kappa shape index (κ1) is 13.7. The Kier molecular flexibility index (Phi) is 4.38. The molecule has 1 aliphatic heterocycles. The predicted octanol–water partition coefficient (Wildman–Crippen LogP) is 4.10. The van der Waals surface area contributed by atoms with Crippen molar-refractivity contribution in [2.45, 2.75) is 6.42 Å². The lowest BCUT2D eigenvalue weighted by Gasteiger charge is -2.13. The van der Waals surface area contributed by atoms with Crippen molar-refractivity contribution in [2.24, 2.45) is 5.92 Å². The lowest BCUT2D eigenvalue weighted by Crippen LogP contribution is -2.15. The first-order chi connectivity index (χ1) is 9.83. The second-order valence-electron chi connectivity index (χ2n) is 5.18. The van der Waals surface area contributed by atoms with Crippen LogP contribution in [0.25, 0.3) is 11.1 Å². The molecule has 1 atom stereocenters. The molecular weight excluding hydrogens is 314 g/mol. The van der Waals surface area contributed by atoms with E-state index in [4.69, 9.17) is 4.74 Å². The molecule has 1 heterocycles. The van der Waals surface area contributed by atoms with Crippen molar-refractivity contribution in [1.29, 1.82) is 0 Å². The molecular formula is C17H18BrNO. The molecule has 0 amide bonds. The van der Waals surface area contributed by atoms with Crippen molar-refractivity contribution in [2.75, 3.05) is 19.7 Å². The van der Waals surface area contributed by atoms with Gasteiger partial charge < -0.3 is 10.1 Å². The molecule has 1 fully saturated rings. The quantitative estimate of drug-likeness (QED) is 0.910. The van der Waals surface area contributed by atoms with Crippen LogP contribution < -0.4 is 10.1 Å². The SMILES string of the molecule is Brc1cc(-c2ccccc2)ccc1OC[C@@H]1CCNC1. The van der Waals surface area contributed by atoms with Crippen LogP contribution in [0.5, 0.6) is 5.75 Å². The Labute approximate surface area is 128 Å². The van der Waals surface area contributed by atoms with E-state index in [1.807, 2.05) is 6.07 Å². The van der Waals surface area contributed by atoms with Gasteiger partial charge in [0.05, 0.1) is 11.1 Å². The van der Waals surface area contributed by atoms with Gasteiger partial charge in [0, 0.05) is 12.5 Å². The molecule has 3 rings (SSSR count). The second kappa shape index (κ2) is 6.42. The third-order valence-electron chi connectivity index (χ3n) is 3.68. The zero-order valence-electron chi connectivity index (χ0n) is 11.3. The number of ether oxygens (including phenoxy) is 1. The zero-order chi connectivity index (χ0) is 13.8. The summed E-state index contributed by atoms with van der Waals surface area (Å²) in [7, 11) is 0. The van der Waals surface area contributed by atoms with E-state index in [-0.39, 0.29) is 0 Å². The Bertz CT molecular complexity index is 564. The Morgan fingerprint density at radius 3 is 2.65 bits per heavy atom. The number of nitrogens with one attached hydrogen (secondary N) is 1. The monoisotopic (exact) mass is 331 g/mol. The van der Waals surface area contributed by atoms with E-state index >= 15 is 0 Å². The maximum Gasteiger partial charge on any atom is 0.133 e. The molecule has 0 aliphatic carbocycles. The molecule has 0 aromatic heterocycles. The highest BCUT2D eigenvalue weighted by molar-refractivity contribution is 9.10. The molecule has 0 saturated carbocycles. The first-order valence-corrected chi connectivity index (χ1v) is 7.81. The molecule has 0 unspecified atom stereocenters. The summed E-state index contributed by atoms with van der Waals surface area (Å²) in [4.78, 5) is 0. The Morgan fingerprint density at radius 1 is 1.10 bits per heavy atom. The molecule has 0 spiro atoms. The van der Waals surface area contributed by atoms with Gasteiger partial charge in [-0.15, -0.1) is 0 Å². The van der Waals surface area contributed by atoms with Crippen LogP contribution in [0.15, 0.2) is 53.0 Å². The molecule has 0 radical (unpaired) electrons. The largest absolute Gasteiger partial charge is 0.492 e. The summed E-state index contributed by atoms with van der Waals surface area (Å²) in [6.07, 6.45) is 1.21. The predicted molar refractivity (Wildman–Crippen MR) is 86.0 cm³/mol. The third-order valence-corrected chi connectivity index (χ3v) is 4.30. The summed E-state index contributed by atoms with van der Waals surface area (Å²) in [6.45, 7) is 2.97. The summed E-state index contributed by atoms with van der Waals surface area (Å²) >= 11 is 3.61. The van der Waals surface area contributed by atoms with Gasteiger partial charge in [0.1, 0.15) is 5.75 Å². The van der Waals surface area contributed by atoms with Crippen LogP contribution in [0.2, 0.25) is 0 Å².